The number of carbonyl (C=O) groups excluding carboxylic acids is 2. The summed E-state index contributed by atoms with van der Waals surface area (Å²) in [4.78, 5) is 20.3. The third kappa shape index (κ3) is 14.3. The van der Waals surface area contributed by atoms with Crippen molar-refractivity contribution < 1.29 is 40.9 Å². The Bertz CT molecular complexity index is 330. The fraction of sp³-hybridized carbons (Fsp3) is 0. The van der Waals surface area contributed by atoms with Crippen molar-refractivity contribution >= 4 is 12.6 Å². The minimum absolute atomic E-state index is 0. The van der Waals surface area contributed by atoms with Gasteiger partial charge in [0.1, 0.15) is 12.6 Å². The van der Waals surface area contributed by atoms with E-state index >= 15 is 0 Å². The van der Waals surface area contributed by atoms with E-state index in [0.717, 1.165) is 0 Å². The summed E-state index contributed by atoms with van der Waals surface area (Å²) < 4.78 is 22.5. The van der Waals surface area contributed by atoms with E-state index in [0.29, 0.717) is 23.7 Å². The van der Waals surface area contributed by atoms with Crippen LogP contribution in [-0.4, -0.2) is 12.6 Å². The van der Waals surface area contributed by atoms with Gasteiger partial charge in [-0.1, -0.05) is 18.2 Å². The van der Waals surface area contributed by atoms with Gasteiger partial charge >= 0.3 is 33.9 Å². The van der Waals surface area contributed by atoms with Crippen molar-refractivity contribution in [2.45, 2.75) is 0 Å². The van der Waals surface area contributed by atoms with Gasteiger partial charge in [-0.25, -0.2) is 0 Å². The number of rotatable bonds is 2. The van der Waals surface area contributed by atoms with Crippen LogP contribution in [0.3, 0.4) is 0 Å². The van der Waals surface area contributed by atoms with Gasteiger partial charge in [0.2, 0.25) is 0 Å². The van der Waals surface area contributed by atoms with Gasteiger partial charge in [0.25, 0.3) is 0 Å². The molecule has 0 aliphatic carbocycles. The molecule has 0 N–H and O–H groups in total. The summed E-state index contributed by atoms with van der Waals surface area (Å²) in [5.41, 5.74) is 1.06. The molecule has 1 aromatic carbocycles. The molecule has 1 rings (SSSR count). The normalized spacial score (nSPS) is 5.53. The van der Waals surface area contributed by atoms with Crippen LogP contribution < -0.4 is 0 Å². The van der Waals surface area contributed by atoms with Crippen LogP contribution in [0.4, 0.5) is 0 Å². The molecule has 0 heterocycles. The van der Waals surface area contributed by atoms with Crippen molar-refractivity contribution in [3.8, 4) is 0 Å². The van der Waals surface area contributed by atoms with E-state index in [9.17, 15) is 9.59 Å². The molecule has 0 fully saturated rings. The molecule has 86 valence electrons. The number of carbonyl (C=O) groups is 2. The van der Waals surface area contributed by atoms with E-state index in [1.54, 1.807) is 24.3 Å². The summed E-state index contributed by atoms with van der Waals surface area (Å²) in [5, 5.41) is 0. The van der Waals surface area contributed by atoms with E-state index in [-0.39, 0.29) is 17.4 Å². The minimum Gasteiger partial charge on any atom is 0 e. The van der Waals surface area contributed by atoms with Gasteiger partial charge < -0.3 is 0 Å². The molecule has 0 saturated carbocycles. The largest absolute Gasteiger partial charge is 0 e. The number of aldehydes is 2. The van der Waals surface area contributed by atoms with Crippen LogP contribution in [0, 0.1) is 20.0 Å². The number of benzene rings is 1. The molecule has 0 radical (unpaired) electrons. The fourth-order valence-corrected chi connectivity index (χ4v) is 0.706. The molecule has 0 aliphatic heterocycles. The molecule has 0 bridgehead atoms. The average molecular weight is 270 g/mol. The Labute approximate surface area is 109 Å². The smallest absolute Gasteiger partial charge is 0 e. The summed E-state index contributed by atoms with van der Waals surface area (Å²) in [6, 6.07) is 6.52. The molecule has 0 saturated heterocycles. The Morgan fingerprint density at radius 1 is 0.824 bits per heavy atom. The molecule has 0 aliphatic rings. The number of hydrogen-bond acceptors (Lipinski definition) is 2. The van der Waals surface area contributed by atoms with Gasteiger partial charge in [-0.3, -0.25) is 9.59 Å². The van der Waals surface area contributed by atoms with Crippen LogP contribution in [-0.2, 0) is 31.3 Å². The van der Waals surface area contributed by atoms with Crippen LogP contribution in [0.15, 0.2) is 24.3 Å². The van der Waals surface area contributed by atoms with E-state index in [2.05, 4.69) is 20.0 Å². The van der Waals surface area contributed by atoms with E-state index in [4.69, 9.17) is 14.0 Å². The summed E-state index contributed by atoms with van der Waals surface area (Å²) in [6.45, 7) is 13.5. The predicted octanol–water partition coefficient (Wildman–Crippen LogP) is 1.20. The Balaban J connectivity index is -0.000000106. The zero-order valence-electron chi connectivity index (χ0n) is 8.41. The first kappa shape index (κ1) is 24.5. The van der Waals surface area contributed by atoms with E-state index in [1.807, 2.05) is 0 Å². The maximum Gasteiger partial charge on any atom is 0 e. The van der Waals surface area contributed by atoms with Crippen molar-refractivity contribution in [2.75, 3.05) is 0 Å². The first-order valence-electron chi connectivity index (χ1n) is 3.48. The predicted molar refractivity (Wildman–Crippen MR) is 49.0 cm³/mol. The maximum absolute atomic E-state index is 10.2. The average Bonchev–Trinajstić information content (AvgIpc) is 2.45. The molecule has 5 nitrogen and oxygen atoms in total. The molecular formula is C11H6CrO5. The molecule has 0 unspecified atom stereocenters. The van der Waals surface area contributed by atoms with Gasteiger partial charge in [0, 0.05) is 28.5 Å². The van der Waals surface area contributed by atoms with Gasteiger partial charge in [-0.05, 0) is 6.07 Å². The van der Waals surface area contributed by atoms with E-state index < -0.39 is 0 Å². The quantitative estimate of drug-likeness (QED) is 0.458. The fourth-order valence-electron chi connectivity index (χ4n) is 0.706. The van der Waals surface area contributed by atoms with Gasteiger partial charge in [0.15, 0.2) is 0 Å². The molecule has 1 aromatic rings. The van der Waals surface area contributed by atoms with Gasteiger partial charge in [-0.2, -0.15) is 0 Å². The second-order valence-corrected chi connectivity index (χ2v) is 1.91. The zero-order chi connectivity index (χ0) is 13.4. The third-order valence-corrected chi connectivity index (χ3v) is 1.18. The molecular weight excluding hydrogens is 264 g/mol. The second-order valence-electron chi connectivity index (χ2n) is 1.91. The summed E-state index contributed by atoms with van der Waals surface area (Å²) >= 11 is 0. The maximum atomic E-state index is 10.2. The van der Waals surface area contributed by atoms with Crippen LogP contribution in [0.5, 0.6) is 0 Å². The molecule has 0 aromatic heterocycles. The summed E-state index contributed by atoms with van der Waals surface area (Å²) in [6.07, 6.45) is 1.43. The molecule has 6 heteroatoms. The monoisotopic (exact) mass is 270 g/mol. The Morgan fingerprint density at radius 2 is 1.12 bits per heavy atom. The van der Waals surface area contributed by atoms with Crippen LogP contribution >= 0.6 is 0 Å². The standard InChI is InChI=1S/C8H6O2.3CO.Cr/c9-5-7-2-1-3-8(4-7)6-10;3*1-2;/h1-6H;;;;. The van der Waals surface area contributed by atoms with Gasteiger partial charge in [0.05, 0.1) is 0 Å². The molecule has 0 amide bonds. The Hall–Kier alpha value is -1.69. The zero-order valence-corrected chi connectivity index (χ0v) is 9.69. The molecule has 0 spiro atoms. The number of hydrogen-bond donors (Lipinski definition) is 0. The van der Waals surface area contributed by atoms with Crippen molar-refractivity contribution in [1.82, 2.24) is 0 Å². The van der Waals surface area contributed by atoms with Crippen molar-refractivity contribution in [2.24, 2.45) is 0 Å². The van der Waals surface area contributed by atoms with Crippen LogP contribution in [0.2, 0.25) is 0 Å². The SMILES string of the molecule is O=Cc1cccc(C=O)c1.[C-]#[O+].[C-]#[O+].[C-]#[O+].[Cr]. The van der Waals surface area contributed by atoms with Crippen molar-refractivity contribution in [3.63, 3.8) is 0 Å². The first-order valence-corrected chi connectivity index (χ1v) is 3.48. The van der Waals surface area contributed by atoms with Gasteiger partial charge in [-0.15, -0.1) is 0 Å². The van der Waals surface area contributed by atoms with E-state index in [1.165, 1.54) is 0 Å². The topological polar surface area (TPSA) is 93.8 Å². The second kappa shape index (κ2) is 23.9. The van der Waals surface area contributed by atoms with Crippen LogP contribution in [0.25, 0.3) is 0 Å². The minimum atomic E-state index is 0. The summed E-state index contributed by atoms with van der Waals surface area (Å²) in [5.74, 6) is 0. The van der Waals surface area contributed by atoms with Crippen LogP contribution in [0.1, 0.15) is 20.7 Å². The summed E-state index contributed by atoms with van der Waals surface area (Å²) in [7, 11) is 0. The van der Waals surface area contributed by atoms with Crippen molar-refractivity contribution in [1.29, 1.82) is 0 Å². The molecule has 0 atom stereocenters. The Morgan fingerprint density at radius 3 is 1.35 bits per heavy atom. The third-order valence-electron chi connectivity index (χ3n) is 1.18. The molecule has 17 heavy (non-hydrogen) atoms. The first-order chi connectivity index (χ1) is 7.86. The van der Waals surface area contributed by atoms with Crippen molar-refractivity contribution in [3.05, 3.63) is 55.3 Å². The Kier molecular flexibility index (Phi) is 34.4.